The first-order valence-electron chi connectivity index (χ1n) is 5.87. The summed E-state index contributed by atoms with van der Waals surface area (Å²) in [6.07, 6.45) is 0.734. The van der Waals surface area contributed by atoms with Gasteiger partial charge in [-0.25, -0.2) is 0 Å². The second-order valence-electron chi connectivity index (χ2n) is 4.09. The molecule has 1 rings (SSSR count). The fraction of sp³-hybridized carbons (Fsp3) is 0.462. The van der Waals surface area contributed by atoms with Crippen LogP contribution in [0, 0.1) is 0 Å². The van der Waals surface area contributed by atoms with Crippen molar-refractivity contribution >= 4 is 18.3 Å². The van der Waals surface area contributed by atoms with E-state index in [-0.39, 0.29) is 18.3 Å². The lowest BCUT2D eigenvalue weighted by Gasteiger charge is -2.07. The van der Waals surface area contributed by atoms with E-state index in [1.54, 1.807) is 6.92 Å². The molecule has 4 N–H and O–H groups in total. The lowest BCUT2D eigenvalue weighted by molar-refractivity contribution is -0.121. The lowest BCUT2D eigenvalue weighted by Crippen LogP contribution is -2.23. The normalized spacial score (nSPS) is 11.5. The van der Waals surface area contributed by atoms with Crippen LogP contribution in [0.5, 0.6) is 0 Å². The topological polar surface area (TPSA) is 75.3 Å². The van der Waals surface area contributed by atoms with Gasteiger partial charge in [0.25, 0.3) is 0 Å². The molecule has 0 aliphatic rings. The molecular weight excluding hydrogens is 252 g/mol. The summed E-state index contributed by atoms with van der Waals surface area (Å²) < 4.78 is 0. The molecule has 18 heavy (non-hydrogen) atoms. The van der Waals surface area contributed by atoms with Gasteiger partial charge in [-0.3, -0.25) is 4.79 Å². The van der Waals surface area contributed by atoms with E-state index in [9.17, 15) is 9.90 Å². The molecule has 0 saturated carbocycles. The van der Waals surface area contributed by atoms with Crippen LogP contribution in [0.25, 0.3) is 0 Å². The lowest BCUT2D eigenvalue weighted by atomic mass is 10.1. The van der Waals surface area contributed by atoms with E-state index in [1.807, 2.05) is 24.3 Å². The highest BCUT2D eigenvalue weighted by Gasteiger charge is 2.02. The van der Waals surface area contributed by atoms with Crippen LogP contribution in [0.1, 0.15) is 37.0 Å². The van der Waals surface area contributed by atoms with Crippen LogP contribution in [0.4, 0.5) is 0 Å². The van der Waals surface area contributed by atoms with E-state index < -0.39 is 6.10 Å². The Labute approximate surface area is 114 Å². The Bertz CT molecular complexity index is 353. The van der Waals surface area contributed by atoms with Gasteiger partial charge in [-0.2, -0.15) is 0 Å². The predicted octanol–water partition coefficient (Wildman–Crippen LogP) is 1.52. The number of aliphatic hydroxyl groups is 1. The Balaban J connectivity index is 0.00000289. The minimum atomic E-state index is -0.455. The summed E-state index contributed by atoms with van der Waals surface area (Å²) in [5.74, 6) is 0.0232. The highest BCUT2D eigenvalue weighted by atomic mass is 35.5. The first-order chi connectivity index (χ1) is 8.13. The first kappa shape index (κ1) is 16.9. The van der Waals surface area contributed by atoms with Crippen molar-refractivity contribution < 1.29 is 9.90 Å². The number of rotatable bonds is 6. The fourth-order valence-electron chi connectivity index (χ4n) is 1.47. The van der Waals surface area contributed by atoms with Gasteiger partial charge in [0.2, 0.25) is 5.91 Å². The molecule has 0 saturated heterocycles. The highest BCUT2D eigenvalue weighted by Crippen LogP contribution is 2.12. The van der Waals surface area contributed by atoms with Crippen molar-refractivity contribution in [3.8, 4) is 0 Å². The predicted molar refractivity (Wildman–Crippen MR) is 74.5 cm³/mol. The van der Waals surface area contributed by atoms with Gasteiger partial charge in [0.05, 0.1) is 6.10 Å². The Hall–Kier alpha value is -1.10. The quantitative estimate of drug-likeness (QED) is 0.735. The Kier molecular flexibility index (Phi) is 8.37. The summed E-state index contributed by atoms with van der Waals surface area (Å²) in [5, 5.41) is 12.2. The third kappa shape index (κ3) is 6.00. The number of carbonyl (C=O) groups is 1. The van der Waals surface area contributed by atoms with E-state index >= 15 is 0 Å². The van der Waals surface area contributed by atoms with Crippen LogP contribution in [-0.4, -0.2) is 17.6 Å². The molecule has 0 spiro atoms. The van der Waals surface area contributed by atoms with Gasteiger partial charge in [-0.15, -0.1) is 12.4 Å². The molecule has 5 heteroatoms. The van der Waals surface area contributed by atoms with Crippen LogP contribution < -0.4 is 11.1 Å². The van der Waals surface area contributed by atoms with E-state index in [0.29, 0.717) is 25.9 Å². The minimum Gasteiger partial charge on any atom is -0.389 e. The second-order valence-corrected chi connectivity index (χ2v) is 4.09. The van der Waals surface area contributed by atoms with Gasteiger partial charge in [-0.05, 0) is 31.0 Å². The van der Waals surface area contributed by atoms with Crippen molar-refractivity contribution in [1.29, 1.82) is 0 Å². The van der Waals surface area contributed by atoms with Crippen molar-refractivity contribution in [3.05, 3.63) is 35.4 Å². The van der Waals surface area contributed by atoms with Crippen LogP contribution >= 0.6 is 12.4 Å². The largest absolute Gasteiger partial charge is 0.389 e. The number of aliphatic hydroxyl groups excluding tert-OH is 1. The Morgan fingerprint density at radius 1 is 1.39 bits per heavy atom. The molecule has 1 atom stereocenters. The third-order valence-corrected chi connectivity index (χ3v) is 2.56. The number of amides is 1. The van der Waals surface area contributed by atoms with Gasteiger partial charge in [0.15, 0.2) is 0 Å². The van der Waals surface area contributed by atoms with Crippen molar-refractivity contribution in [1.82, 2.24) is 5.32 Å². The van der Waals surface area contributed by atoms with Gasteiger partial charge in [0, 0.05) is 13.0 Å². The average Bonchev–Trinajstić information content (AvgIpc) is 2.34. The number of halogens is 1. The van der Waals surface area contributed by atoms with E-state index in [1.165, 1.54) is 0 Å². The molecule has 1 aromatic rings. The van der Waals surface area contributed by atoms with Gasteiger partial charge in [-0.1, -0.05) is 24.3 Å². The van der Waals surface area contributed by atoms with Crippen molar-refractivity contribution in [2.75, 3.05) is 6.54 Å². The van der Waals surface area contributed by atoms with Crippen LogP contribution in [0.2, 0.25) is 0 Å². The Morgan fingerprint density at radius 2 is 2.00 bits per heavy atom. The van der Waals surface area contributed by atoms with Crippen molar-refractivity contribution in [3.63, 3.8) is 0 Å². The molecule has 0 heterocycles. The molecule has 0 radical (unpaired) electrons. The maximum atomic E-state index is 11.3. The molecule has 102 valence electrons. The summed E-state index contributed by atoms with van der Waals surface area (Å²) in [5.41, 5.74) is 7.23. The second kappa shape index (κ2) is 8.91. The number of nitrogens with one attached hydrogen (secondary N) is 1. The standard InChI is InChI=1S/C13H20N2O2.ClH/c1-10(16)12-6-4-11(5-7-12)9-15-13(17)3-2-8-14;/h4-7,10,16H,2-3,8-9,14H2,1H3,(H,15,17);1H. The summed E-state index contributed by atoms with van der Waals surface area (Å²) in [4.78, 5) is 11.3. The summed E-state index contributed by atoms with van der Waals surface area (Å²) in [6, 6.07) is 7.55. The summed E-state index contributed by atoms with van der Waals surface area (Å²) >= 11 is 0. The van der Waals surface area contributed by atoms with Crippen LogP contribution in [0.3, 0.4) is 0 Å². The zero-order valence-electron chi connectivity index (χ0n) is 10.6. The molecule has 4 nitrogen and oxygen atoms in total. The average molecular weight is 273 g/mol. The first-order valence-corrected chi connectivity index (χ1v) is 5.87. The monoisotopic (exact) mass is 272 g/mol. The fourth-order valence-corrected chi connectivity index (χ4v) is 1.47. The highest BCUT2D eigenvalue weighted by molar-refractivity contribution is 5.85. The maximum Gasteiger partial charge on any atom is 0.220 e. The van der Waals surface area contributed by atoms with Gasteiger partial charge in [0.1, 0.15) is 0 Å². The molecule has 0 aliphatic heterocycles. The number of carbonyl (C=O) groups excluding carboxylic acids is 1. The third-order valence-electron chi connectivity index (χ3n) is 2.56. The number of nitrogens with two attached hydrogens (primary N) is 1. The molecule has 1 aromatic carbocycles. The molecule has 0 aromatic heterocycles. The molecule has 0 aliphatic carbocycles. The minimum absolute atomic E-state index is 0. The van der Waals surface area contributed by atoms with E-state index in [0.717, 1.165) is 11.1 Å². The molecule has 1 amide bonds. The Morgan fingerprint density at radius 3 is 2.50 bits per heavy atom. The maximum absolute atomic E-state index is 11.3. The number of hydrogen-bond acceptors (Lipinski definition) is 3. The molecular formula is C13H21ClN2O2. The zero-order chi connectivity index (χ0) is 12.7. The molecule has 1 unspecified atom stereocenters. The number of hydrogen-bond donors (Lipinski definition) is 3. The van der Waals surface area contributed by atoms with Gasteiger partial charge < -0.3 is 16.2 Å². The SMILES string of the molecule is CC(O)c1ccc(CNC(=O)CCCN)cc1.Cl. The van der Waals surface area contributed by atoms with Crippen molar-refractivity contribution in [2.45, 2.75) is 32.4 Å². The van der Waals surface area contributed by atoms with E-state index in [2.05, 4.69) is 5.32 Å². The molecule has 0 bridgehead atoms. The van der Waals surface area contributed by atoms with Crippen molar-refractivity contribution in [2.24, 2.45) is 5.73 Å². The van der Waals surface area contributed by atoms with E-state index in [4.69, 9.17) is 5.73 Å². The summed E-state index contributed by atoms with van der Waals surface area (Å²) in [7, 11) is 0. The van der Waals surface area contributed by atoms with Crippen LogP contribution in [0.15, 0.2) is 24.3 Å². The summed E-state index contributed by atoms with van der Waals surface area (Å²) in [6.45, 7) is 2.78. The molecule has 0 fully saturated rings. The van der Waals surface area contributed by atoms with Crippen LogP contribution in [-0.2, 0) is 11.3 Å². The van der Waals surface area contributed by atoms with Gasteiger partial charge >= 0.3 is 0 Å². The smallest absolute Gasteiger partial charge is 0.220 e. The number of benzene rings is 1. The zero-order valence-corrected chi connectivity index (χ0v) is 11.4.